The summed E-state index contributed by atoms with van der Waals surface area (Å²) in [6.45, 7) is 3.56. The summed E-state index contributed by atoms with van der Waals surface area (Å²) >= 11 is 0. The number of carboxylic acid groups (broad SMARTS) is 1. The maximum atomic E-state index is 13.1. The Morgan fingerprint density at radius 3 is 2.54 bits per heavy atom. The minimum absolute atomic E-state index is 0.0160. The molecule has 0 unspecified atom stereocenters. The van der Waals surface area contributed by atoms with Crippen LogP contribution in [-0.2, 0) is 25.9 Å². The van der Waals surface area contributed by atoms with Crippen molar-refractivity contribution in [3.05, 3.63) is 70.3 Å². The van der Waals surface area contributed by atoms with Crippen molar-refractivity contribution >= 4 is 12.0 Å². The maximum absolute atomic E-state index is 13.1. The second-order valence-corrected chi connectivity index (χ2v) is 7.19. The molecule has 5 nitrogen and oxygen atoms in total. The molecule has 134 valence electrons. The quantitative estimate of drug-likeness (QED) is 0.858. The predicted molar refractivity (Wildman–Crippen MR) is 98.1 cm³/mol. The van der Waals surface area contributed by atoms with Crippen LogP contribution in [0.15, 0.2) is 42.5 Å². The fraction of sp³-hybridized carbons (Fsp3) is 0.333. The highest BCUT2D eigenvalue weighted by molar-refractivity contribution is 5.95. The summed E-state index contributed by atoms with van der Waals surface area (Å²) < 4.78 is 0. The number of rotatable bonds is 1. The first-order valence-corrected chi connectivity index (χ1v) is 9.00. The van der Waals surface area contributed by atoms with Crippen molar-refractivity contribution in [1.82, 2.24) is 9.80 Å². The molecule has 0 radical (unpaired) electrons. The van der Waals surface area contributed by atoms with Crippen molar-refractivity contribution in [1.29, 1.82) is 0 Å². The number of hydrogen-bond donors (Lipinski definition) is 1. The number of carbonyl (C=O) groups is 2. The summed E-state index contributed by atoms with van der Waals surface area (Å²) in [5.74, 6) is 0.0160. The van der Waals surface area contributed by atoms with E-state index in [1.165, 1.54) is 16.0 Å². The number of benzene rings is 2. The summed E-state index contributed by atoms with van der Waals surface area (Å²) in [5, 5.41) is 9.22. The highest BCUT2D eigenvalue weighted by Crippen LogP contribution is 2.26. The van der Waals surface area contributed by atoms with Gasteiger partial charge in [-0.1, -0.05) is 30.3 Å². The Morgan fingerprint density at radius 2 is 1.77 bits per heavy atom. The number of carbonyl (C=O) groups excluding carboxylic acids is 1. The summed E-state index contributed by atoms with van der Waals surface area (Å²) in [6.07, 6.45) is 0.650. The van der Waals surface area contributed by atoms with Gasteiger partial charge in [0.1, 0.15) is 0 Å². The van der Waals surface area contributed by atoms with Crippen molar-refractivity contribution in [3.8, 4) is 0 Å². The highest BCUT2D eigenvalue weighted by atomic mass is 16.4. The number of amides is 2. The van der Waals surface area contributed by atoms with Gasteiger partial charge in [0.05, 0.1) is 0 Å². The van der Waals surface area contributed by atoms with E-state index in [9.17, 15) is 14.7 Å². The third-order valence-corrected chi connectivity index (χ3v) is 5.50. The predicted octanol–water partition coefficient (Wildman–Crippen LogP) is 3.31. The summed E-state index contributed by atoms with van der Waals surface area (Å²) in [5.41, 5.74) is 5.23. The average molecular weight is 350 g/mol. The fourth-order valence-electron chi connectivity index (χ4n) is 3.97. The van der Waals surface area contributed by atoms with Gasteiger partial charge in [-0.15, -0.1) is 0 Å². The van der Waals surface area contributed by atoms with E-state index in [2.05, 4.69) is 19.1 Å². The van der Waals surface area contributed by atoms with Gasteiger partial charge >= 0.3 is 6.09 Å². The van der Waals surface area contributed by atoms with Gasteiger partial charge in [0.15, 0.2) is 0 Å². The molecule has 2 amide bonds. The molecule has 1 N–H and O–H groups in total. The first kappa shape index (κ1) is 16.6. The minimum Gasteiger partial charge on any atom is -0.465 e. The Hall–Kier alpha value is -2.82. The van der Waals surface area contributed by atoms with E-state index in [0.29, 0.717) is 31.6 Å². The van der Waals surface area contributed by atoms with Gasteiger partial charge in [-0.05, 0) is 54.2 Å². The van der Waals surface area contributed by atoms with Gasteiger partial charge in [-0.2, -0.15) is 0 Å². The van der Waals surface area contributed by atoms with Crippen LogP contribution < -0.4 is 0 Å². The molecule has 0 spiro atoms. The van der Waals surface area contributed by atoms with E-state index >= 15 is 0 Å². The van der Waals surface area contributed by atoms with Crippen LogP contribution in [0.4, 0.5) is 4.79 Å². The van der Waals surface area contributed by atoms with Crippen LogP contribution in [0, 0.1) is 0 Å². The van der Waals surface area contributed by atoms with Gasteiger partial charge in [-0.25, -0.2) is 4.79 Å². The molecule has 2 aliphatic rings. The Balaban J connectivity index is 1.59. The lowest BCUT2D eigenvalue weighted by molar-refractivity contribution is 0.0658. The zero-order valence-electron chi connectivity index (χ0n) is 14.8. The van der Waals surface area contributed by atoms with E-state index in [1.54, 1.807) is 0 Å². The van der Waals surface area contributed by atoms with Crippen LogP contribution >= 0.6 is 0 Å². The highest BCUT2D eigenvalue weighted by Gasteiger charge is 2.28. The zero-order valence-corrected chi connectivity index (χ0v) is 14.8. The van der Waals surface area contributed by atoms with E-state index < -0.39 is 6.09 Å². The van der Waals surface area contributed by atoms with Gasteiger partial charge in [0.2, 0.25) is 0 Å². The van der Waals surface area contributed by atoms with Crippen molar-refractivity contribution in [3.63, 3.8) is 0 Å². The molecular formula is C21H22N2O3. The molecule has 0 aliphatic carbocycles. The number of nitrogens with zero attached hydrogens (tertiary/aromatic N) is 2. The van der Waals surface area contributed by atoms with E-state index in [-0.39, 0.29) is 11.9 Å². The second-order valence-electron chi connectivity index (χ2n) is 7.19. The second kappa shape index (κ2) is 6.48. The molecule has 26 heavy (non-hydrogen) atoms. The molecule has 0 saturated carbocycles. The molecule has 2 aliphatic heterocycles. The van der Waals surface area contributed by atoms with E-state index in [4.69, 9.17) is 0 Å². The normalized spacial score (nSPS) is 18.9. The monoisotopic (exact) mass is 350 g/mol. The van der Waals surface area contributed by atoms with Crippen molar-refractivity contribution < 1.29 is 14.7 Å². The van der Waals surface area contributed by atoms with Crippen LogP contribution in [0.1, 0.15) is 39.5 Å². The third-order valence-electron chi connectivity index (χ3n) is 5.50. The summed E-state index contributed by atoms with van der Waals surface area (Å²) in [6, 6.07) is 14.1. The molecule has 1 atom stereocenters. The summed E-state index contributed by atoms with van der Waals surface area (Å²) in [7, 11) is 0. The molecule has 4 rings (SSSR count). The molecule has 0 bridgehead atoms. The fourth-order valence-corrected chi connectivity index (χ4v) is 3.97. The van der Waals surface area contributed by atoms with Gasteiger partial charge < -0.3 is 14.9 Å². The Labute approximate surface area is 152 Å². The van der Waals surface area contributed by atoms with Crippen LogP contribution in [0.5, 0.6) is 0 Å². The Kier molecular flexibility index (Phi) is 4.15. The standard InChI is InChI=1S/C21H22N2O3/c1-14-10-16-4-2-3-5-18(16)13-23(14)20(24)17-7-6-15-8-9-22(21(25)26)12-19(15)11-17/h2-7,11,14H,8-10,12-13H2,1H3,(H,25,26)/t14-/m1/s1. The average Bonchev–Trinajstić information content (AvgIpc) is 2.66. The topological polar surface area (TPSA) is 60.9 Å². The van der Waals surface area contributed by atoms with E-state index in [1.807, 2.05) is 35.2 Å². The lowest BCUT2D eigenvalue weighted by Gasteiger charge is -2.35. The minimum atomic E-state index is -0.909. The first-order valence-electron chi connectivity index (χ1n) is 9.00. The van der Waals surface area contributed by atoms with Crippen molar-refractivity contribution in [2.75, 3.05) is 6.54 Å². The van der Waals surface area contributed by atoms with Gasteiger partial charge in [-0.3, -0.25) is 4.79 Å². The van der Waals surface area contributed by atoms with E-state index in [0.717, 1.165) is 17.5 Å². The zero-order chi connectivity index (χ0) is 18.3. The third kappa shape index (κ3) is 2.94. The van der Waals surface area contributed by atoms with Gasteiger partial charge in [0, 0.05) is 31.2 Å². The van der Waals surface area contributed by atoms with Crippen LogP contribution in [-0.4, -0.2) is 39.5 Å². The van der Waals surface area contributed by atoms with Crippen molar-refractivity contribution in [2.24, 2.45) is 0 Å². The molecule has 5 heteroatoms. The lowest BCUT2D eigenvalue weighted by atomic mass is 9.93. The van der Waals surface area contributed by atoms with Crippen LogP contribution in [0.3, 0.4) is 0 Å². The molecule has 2 heterocycles. The van der Waals surface area contributed by atoms with Crippen LogP contribution in [0.25, 0.3) is 0 Å². The lowest BCUT2D eigenvalue weighted by Crippen LogP contribution is -2.42. The molecule has 2 aromatic carbocycles. The number of fused-ring (bicyclic) bond motifs is 2. The molecular weight excluding hydrogens is 328 g/mol. The smallest absolute Gasteiger partial charge is 0.407 e. The van der Waals surface area contributed by atoms with Crippen LogP contribution in [0.2, 0.25) is 0 Å². The Bertz CT molecular complexity index is 877. The SMILES string of the molecule is C[C@@H]1Cc2ccccc2CN1C(=O)c1ccc2c(c1)CN(C(=O)O)CC2. The first-order chi connectivity index (χ1) is 12.5. The number of hydrogen-bond acceptors (Lipinski definition) is 2. The van der Waals surface area contributed by atoms with Gasteiger partial charge in [0.25, 0.3) is 5.91 Å². The molecule has 0 saturated heterocycles. The Morgan fingerprint density at radius 1 is 1.00 bits per heavy atom. The van der Waals surface area contributed by atoms with Crippen molar-refractivity contribution in [2.45, 2.75) is 38.9 Å². The molecule has 0 aromatic heterocycles. The largest absolute Gasteiger partial charge is 0.465 e. The maximum Gasteiger partial charge on any atom is 0.407 e. The summed E-state index contributed by atoms with van der Waals surface area (Å²) in [4.78, 5) is 27.7. The molecule has 0 fully saturated rings. The molecule has 2 aromatic rings.